The molecule has 0 radical (unpaired) electrons. The minimum absolute atomic E-state index is 0.348. The Morgan fingerprint density at radius 3 is 2.34 bits per heavy atom. The molecule has 2 rings (SSSR count). The Hall–Kier alpha value is -2.45. The predicted octanol–water partition coefficient (Wildman–Crippen LogP) is 3.31. The molecule has 0 saturated carbocycles. The highest BCUT2D eigenvalue weighted by Crippen LogP contribution is 2.30. The van der Waals surface area contributed by atoms with Gasteiger partial charge in [-0.25, -0.2) is 8.42 Å². The van der Waals surface area contributed by atoms with Crippen molar-refractivity contribution in [2.45, 2.75) is 19.9 Å². The molecule has 0 bridgehead atoms. The molecule has 9 heteroatoms. The van der Waals surface area contributed by atoms with Crippen LogP contribution in [0.15, 0.2) is 36.4 Å². The van der Waals surface area contributed by atoms with Crippen LogP contribution in [0.5, 0.6) is 11.5 Å². The average molecular weight is 441 g/mol. The van der Waals surface area contributed by atoms with Crippen LogP contribution in [0, 0.1) is 6.92 Å². The number of rotatable bonds is 8. The largest absolute Gasteiger partial charge is 0.493 e. The first kappa shape index (κ1) is 22.8. The molecular formula is C20H25ClN2O5S. The fourth-order valence-corrected chi connectivity index (χ4v) is 4.04. The van der Waals surface area contributed by atoms with Gasteiger partial charge in [-0.3, -0.25) is 9.10 Å². The monoisotopic (exact) mass is 440 g/mol. The summed E-state index contributed by atoms with van der Waals surface area (Å²) in [5.41, 5.74) is 1.86. The normalized spacial score (nSPS) is 12.2. The molecule has 0 unspecified atom stereocenters. The van der Waals surface area contributed by atoms with E-state index >= 15 is 0 Å². The number of methoxy groups -OCH3 is 2. The maximum atomic E-state index is 12.6. The van der Waals surface area contributed by atoms with E-state index in [1.54, 1.807) is 51.3 Å². The van der Waals surface area contributed by atoms with E-state index in [0.717, 1.165) is 16.1 Å². The maximum absolute atomic E-state index is 12.6. The summed E-state index contributed by atoms with van der Waals surface area (Å²) in [5, 5.41) is 3.31. The summed E-state index contributed by atoms with van der Waals surface area (Å²) in [7, 11) is -0.602. The van der Waals surface area contributed by atoms with Crippen molar-refractivity contribution in [1.82, 2.24) is 5.32 Å². The van der Waals surface area contributed by atoms with E-state index in [9.17, 15) is 13.2 Å². The van der Waals surface area contributed by atoms with Gasteiger partial charge < -0.3 is 14.8 Å². The molecule has 2 aromatic carbocycles. The lowest BCUT2D eigenvalue weighted by molar-refractivity contribution is -0.120. The van der Waals surface area contributed by atoms with Gasteiger partial charge in [-0.1, -0.05) is 17.7 Å². The van der Waals surface area contributed by atoms with Crippen LogP contribution in [0.4, 0.5) is 5.69 Å². The van der Waals surface area contributed by atoms with E-state index in [-0.39, 0.29) is 12.6 Å². The Morgan fingerprint density at radius 2 is 1.79 bits per heavy atom. The Kier molecular flexibility index (Phi) is 7.37. The number of amides is 1. The molecular weight excluding hydrogens is 416 g/mol. The number of hydrogen-bond donors (Lipinski definition) is 1. The van der Waals surface area contributed by atoms with Crippen LogP contribution in [0.25, 0.3) is 0 Å². The molecule has 0 aliphatic carbocycles. The van der Waals surface area contributed by atoms with Crippen LogP contribution in [-0.2, 0) is 14.8 Å². The van der Waals surface area contributed by atoms with E-state index < -0.39 is 15.9 Å². The Balaban J connectivity index is 2.20. The second kappa shape index (κ2) is 9.37. The van der Waals surface area contributed by atoms with Crippen molar-refractivity contribution < 1.29 is 22.7 Å². The Labute approximate surface area is 176 Å². The van der Waals surface area contributed by atoms with Crippen molar-refractivity contribution in [2.24, 2.45) is 0 Å². The maximum Gasteiger partial charge on any atom is 0.241 e. The lowest BCUT2D eigenvalue weighted by atomic mass is 10.1. The van der Waals surface area contributed by atoms with Crippen LogP contribution in [0.2, 0.25) is 5.02 Å². The van der Waals surface area contributed by atoms with Crippen molar-refractivity contribution in [1.29, 1.82) is 0 Å². The number of hydrogen-bond acceptors (Lipinski definition) is 5. The zero-order valence-electron chi connectivity index (χ0n) is 17.0. The highest BCUT2D eigenvalue weighted by Gasteiger charge is 2.23. The molecule has 0 aliphatic heterocycles. The van der Waals surface area contributed by atoms with Crippen molar-refractivity contribution in [3.8, 4) is 11.5 Å². The third kappa shape index (κ3) is 5.77. The number of nitrogens with one attached hydrogen (secondary N) is 1. The highest BCUT2D eigenvalue weighted by molar-refractivity contribution is 7.92. The summed E-state index contributed by atoms with van der Waals surface area (Å²) in [5.74, 6) is 0.684. The van der Waals surface area contributed by atoms with Gasteiger partial charge in [0.1, 0.15) is 6.54 Å². The molecule has 29 heavy (non-hydrogen) atoms. The molecule has 0 fully saturated rings. The molecule has 0 aromatic heterocycles. The molecule has 2 aromatic rings. The van der Waals surface area contributed by atoms with E-state index in [1.807, 2.05) is 6.07 Å². The predicted molar refractivity (Wildman–Crippen MR) is 114 cm³/mol. The molecule has 0 aliphatic rings. The van der Waals surface area contributed by atoms with Gasteiger partial charge in [0, 0.05) is 5.02 Å². The Bertz CT molecular complexity index is 994. The summed E-state index contributed by atoms with van der Waals surface area (Å²) in [4.78, 5) is 12.6. The number of nitrogens with zero attached hydrogens (tertiary/aromatic N) is 1. The van der Waals surface area contributed by atoms with Crippen molar-refractivity contribution in [2.75, 3.05) is 31.3 Å². The van der Waals surface area contributed by atoms with Gasteiger partial charge in [-0.15, -0.1) is 0 Å². The average Bonchev–Trinajstić information content (AvgIpc) is 2.65. The minimum atomic E-state index is -3.68. The molecule has 1 atom stereocenters. The topological polar surface area (TPSA) is 84.9 Å². The Morgan fingerprint density at radius 1 is 1.14 bits per heavy atom. The third-order valence-electron chi connectivity index (χ3n) is 4.40. The number of carbonyl (C=O) groups excluding carboxylic acids is 1. The van der Waals surface area contributed by atoms with Gasteiger partial charge in [0.05, 0.1) is 32.2 Å². The van der Waals surface area contributed by atoms with Gasteiger partial charge in [0.2, 0.25) is 15.9 Å². The lowest BCUT2D eigenvalue weighted by Gasteiger charge is -2.25. The van der Waals surface area contributed by atoms with Gasteiger partial charge in [0.25, 0.3) is 0 Å². The second-order valence-corrected chi connectivity index (χ2v) is 8.95. The summed E-state index contributed by atoms with van der Waals surface area (Å²) in [6, 6.07) is 9.78. The molecule has 158 valence electrons. The van der Waals surface area contributed by atoms with Crippen LogP contribution in [0.3, 0.4) is 0 Å². The van der Waals surface area contributed by atoms with Gasteiger partial charge in [-0.2, -0.15) is 0 Å². The van der Waals surface area contributed by atoms with E-state index in [1.165, 1.54) is 7.11 Å². The van der Waals surface area contributed by atoms with Crippen molar-refractivity contribution in [3.63, 3.8) is 0 Å². The number of carbonyl (C=O) groups is 1. The number of aryl methyl sites for hydroxylation is 1. The van der Waals surface area contributed by atoms with Crippen LogP contribution >= 0.6 is 11.6 Å². The summed E-state index contributed by atoms with van der Waals surface area (Å²) < 4.78 is 36.2. The minimum Gasteiger partial charge on any atom is -0.493 e. The molecule has 0 saturated heterocycles. The fourth-order valence-electron chi connectivity index (χ4n) is 2.90. The van der Waals surface area contributed by atoms with Crippen molar-refractivity contribution >= 4 is 33.2 Å². The highest BCUT2D eigenvalue weighted by atomic mass is 35.5. The molecule has 0 spiro atoms. The van der Waals surface area contributed by atoms with Crippen LogP contribution in [0.1, 0.15) is 24.1 Å². The third-order valence-corrected chi connectivity index (χ3v) is 5.76. The molecule has 7 nitrogen and oxygen atoms in total. The molecule has 0 heterocycles. The summed E-state index contributed by atoms with van der Waals surface area (Å²) in [6.45, 7) is 3.19. The van der Waals surface area contributed by atoms with Gasteiger partial charge in [-0.05, 0) is 55.3 Å². The number of benzene rings is 2. The van der Waals surface area contributed by atoms with Crippen LogP contribution in [-0.4, -0.2) is 41.3 Å². The first-order chi connectivity index (χ1) is 13.6. The number of anilines is 1. The van der Waals surface area contributed by atoms with E-state index in [2.05, 4.69) is 5.32 Å². The fraction of sp³-hybridized carbons (Fsp3) is 0.350. The first-order valence-corrected chi connectivity index (χ1v) is 11.0. The standard InChI is InChI=1S/C20H25ClN2O5S/c1-13-10-16(21)7-8-17(13)23(29(5,25)26)12-20(24)22-14(2)15-6-9-18(27-3)19(11-15)28-4/h6-11,14H,12H2,1-5H3,(H,22,24)/t14-/m0/s1. The SMILES string of the molecule is COc1ccc([C@H](C)NC(=O)CN(c2ccc(Cl)cc2C)S(C)(=O)=O)cc1OC. The first-order valence-electron chi connectivity index (χ1n) is 8.82. The van der Waals surface area contributed by atoms with Crippen LogP contribution < -0.4 is 19.1 Å². The number of halogens is 1. The second-order valence-electron chi connectivity index (χ2n) is 6.60. The lowest BCUT2D eigenvalue weighted by Crippen LogP contribution is -2.41. The summed E-state index contributed by atoms with van der Waals surface area (Å²) >= 11 is 5.96. The zero-order chi connectivity index (χ0) is 21.8. The van der Waals surface area contributed by atoms with E-state index in [4.69, 9.17) is 21.1 Å². The summed E-state index contributed by atoms with van der Waals surface area (Å²) in [6.07, 6.45) is 1.06. The van der Waals surface area contributed by atoms with E-state index in [0.29, 0.717) is 27.8 Å². The number of ether oxygens (including phenoxy) is 2. The van der Waals surface area contributed by atoms with Crippen molar-refractivity contribution in [3.05, 3.63) is 52.5 Å². The zero-order valence-corrected chi connectivity index (χ0v) is 18.6. The van der Waals surface area contributed by atoms with Gasteiger partial charge >= 0.3 is 0 Å². The quantitative estimate of drug-likeness (QED) is 0.680. The molecule has 1 N–H and O–H groups in total. The molecule has 1 amide bonds. The smallest absolute Gasteiger partial charge is 0.241 e. The number of sulfonamides is 1. The van der Waals surface area contributed by atoms with Gasteiger partial charge in [0.15, 0.2) is 11.5 Å².